The fourth-order valence-electron chi connectivity index (χ4n) is 3.75. The van der Waals surface area contributed by atoms with Gasteiger partial charge in [0.1, 0.15) is 6.61 Å². The Hall–Kier alpha value is -1.51. The van der Waals surface area contributed by atoms with Crippen molar-refractivity contribution in [1.82, 2.24) is 4.90 Å². The highest BCUT2D eigenvalue weighted by molar-refractivity contribution is 5.68. The molecule has 1 amide bonds. The first-order chi connectivity index (χ1) is 9.56. The average molecular weight is 273 g/mol. The first-order valence-corrected chi connectivity index (χ1v) is 7.52. The second-order valence-corrected chi connectivity index (χ2v) is 6.84. The molecule has 0 bridgehead atoms. The van der Waals surface area contributed by atoms with Gasteiger partial charge in [0.15, 0.2) is 0 Å². The Labute approximate surface area is 120 Å². The molecule has 2 fully saturated rings. The first kappa shape index (κ1) is 13.5. The van der Waals surface area contributed by atoms with Crippen molar-refractivity contribution in [3.8, 4) is 0 Å². The van der Waals surface area contributed by atoms with Gasteiger partial charge in [-0.15, -0.1) is 0 Å². The van der Waals surface area contributed by atoms with Crippen LogP contribution in [-0.4, -0.2) is 24.1 Å². The summed E-state index contributed by atoms with van der Waals surface area (Å²) in [5.74, 6) is 1.32. The van der Waals surface area contributed by atoms with Crippen LogP contribution in [0.15, 0.2) is 30.3 Å². The molecule has 0 aromatic heterocycles. The van der Waals surface area contributed by atoms with Crippen LogP contribution < -0.4 is 0 Å². The third-order valence-corrected chi connectivity index (χ3v) is 5.07. The fourth-order valence-corrected chi connectivity index (χ4v) is 3.75. The predicted octanol–water partition coefficient (Wildman–Crippen LogP) is 3.69. The van der Waals surface area contributed by atoms with Crippen LogP contribution in [0.5, 0.6) is 0 Å². The highest BCUT2D eigenvalue weighted by atomic mass is 16.6. The Morgan fingerprint density at radius 2 is 2.05 bits per heavy atom. The third-order valence-electron chi connectivity index (χ3n) is 5.07. The largest absolute Gasteiger partial charge is 0.445 e. The topological polar surface area (TPSA) is 29.5 Å². The van der Waals surface area contributed by atoms with E-state index in [0.717, 1.165) is 18.7 Å². The molecule has 1 aromatic carbocycles. The molecule has 3 rings (SSSR count). The standard InChI is InChI=1S/C17H23NO2/c1-17(2)9-8-14-10-18(11-15(14)17)16(19)20-12-13-6-4-3-5-7-13/h3-7,14-15H,8-12H2,1-2H3. The monoisotopic (exact) mass is 273 g/mol. The Balaban J connectivity index is 1.55. The van der Waals surface area contributed by atoms with Crippen molar-refractivity contribution in [1.29, 1.82) is 0 Å². The smallest absolute Gasteiger partial charge is 0.410 e. The molecule has 1 aliphatic heterocycles. The normalized spacial score (nSPS) is 27.4. The van der Waals surface area contributed by atoms with Crippen molar-refractivity contribution >= 4 is 6.09 Å². The number of carbonyl (C=O) groups is 1. The molecule has 0 N–H and O–H groups in total. The van der Waals surface area contributed by atoms with Crippen LogP contribution in [0.1, 0.15) is 32.3 Å². The maximum absolute atomic E-state index is 12.2. The van der Waals surface area contributed by atoms with E-state index in [1.165, 1.54) is 12.8 Å². The molecule has 1 saturated carbocycles. The molecule has 3 nitrogen and oxygen atoms in total. The van der Waals surface area contributed by atoms with Crippen LogP contribution in [0.2, 0.25) is 0 Å². The molecule has 2 unspecified atom stereocenters. The zero-order valence-electron chi connectivity index (χ0n) is 12.3. The molecule has 2 aliphatic rings. The number of carbonyl (C=O) groups excluding carboxylic acids is 1. The van der Waals surface area contributed by atoms with Gasteiger partial charge in [-0.2, -0.15) is 0 Å². The number of hydrogen-bond donors (Lipinski definition) is 0. The number of nitrogens with zero attached hydrogens (tertiary/aromatic N) is 1. The zero-order valence-corrected chi connectivity index (χ0v) is 12.3. The van der Waals surface area contributed by atoms with E-state index in [1.54, 1.807) is 0 Å². The summed E-state index contributed by atoms with van der Waals surface area (Å²) in [5.41, 5.74) is 1.42. The summed E-state index contributed by atoms with van der Waals surface area (Å²) in [7, 11) is 0. The van der Waals surface area contributed by atoms with E-state index >= 15 is 0 Å². The van der Waals surface area contributed by atoms with Gasteiger partial charge >= 0.3 is 6.09 Å². The summed E-state index contributed by atoms with van der Waals surface area (Å²) in [6, 6.07) is 9.86. The Morgan fingerprint density at radius 3 is 2.75 bits per heavy atom. The number of rotatable bonds is 2. The highest BCUT2D eigenvalue weighted by Gasteiger charge is 2.48. The third kappa shape index (κ3) is 2.54. The predicted molar refractivity (Wildman–Crippen MR) is 78.2 cm³/mol. The van der Waals surface area contributed by atoms with E-state index in [1.807, 2.05) is 35.2 Å². The van der Waals surface area contributed by atoms with Crippen molar-refractivity contribution in [2.24, 2.45) is 17.3 Å². The van der Waals surface area contributed by atoms with E-state index in [2.05, 4.69) is 13.8 Å². The minimum Gasteiger partial charge on any atom is -0.445 e. The SMILES string of the molecule is CC1(C)CCC2CN(C(=O)OCc3ccccc3)CC21. The molecule has 1 aliphatic carbocycles. The maximum atomic E-state index is 12.2. The van der Waals surface area contributed by atoms with Crippen molar-refractivity contribution in [3.63, 3.8) is 0 Å². The molecule has 20 heavy (non-hydrogen) atoms. The van der Waals surface area contributed by atoms with Crippen LogP contribution in [0.4, 0.5) is 4.79 Å². The van der Waals surface area contributed by atoms with Crippen molar-refractivity contribution in [2.45, 2.75) is 33.3 Å². The molecule has 2 atom stereocenters. The van der Waals surface area contributed by atoms with Gasteiger partial charge in [0.2, 0.25) is 0 Å². The number of benzene rings is 1. The average Bonchev–Trinajstić information content (AvgIpc) is 2.99. The minimum atomic E-state index is -0.154. The van der Waals surface area contributed by atoms with Crippen molar-refractivity contribution in [2.75, 3.05) is 13.1 Å². The number of ether oxygens (including phenoxy) is 1. The van der Waals surface area contributed by atoms with Crippen molar-refractivity contribution in [3.05, 3.63) is 35.9 Å². The molecular formula is C17H23NO2. The molecule has 1 aromatic rings. The molecular weight excluding hydrogens is 250 g/mol. The van der Waals surface area contributed by atoms with E-state index in [0.29, 0.717) is 23.9 Å². The second-order valence-electron chi connectivity index (χ2n) is 6.84. The maximum Gasteiger partial charge on any atom is 0.410 e. The zero-order chi connectivity index (χ0) is 14.2. The molecule has 1 heterocycles. The van der Waals surface area contributed by atoms with Crippen molar-refractivity contribution < 1.29 is 9.53 Å². The van der Waals surface area contributed by atoms with Crippen LogP contribution >= 0.6 is 0 Å². The summed E-state index contributed by atoms with van der Waals surface area (Å²) in [4.78, 5) is 14.1. The number of likely N-dealkylation sites (tertiary alicyclic amines) is 1. The lowest BCUT2D eigenvalue weighted by atomic mass is 9.80. The molecule has 0 spiro atoms. The lowest BCUT2D eigenvalue weighted by Gasteiger charge is -2.26. The molecule has 108 valence electrons. The Kier molecular flexibility index (Phi) is 3.45. The van der Waals surface area contributed by atoms with Gasteiger partial charge in [-0.1, -0.05) is 44.2 Å². The molecule has 0 radical (unpaired) electrons. The van der Waals surface area contributed by atoms with Crippen LogP contribution in [0, 0.1) is 17.3 Å². The van der Waals surface area contributed by atoms with E-state index in [9.17, 15) is 4.79 Å². The second kappa shape index (κ2) is 5.12. The van der Waals surface area contributed by atoms with Gasteiger partial charge in [0, 0.05) is 13.1 Å². The van der Waals surface area contributed by atoms with Gasteiger partial charge in [-0.05, 0) is 35.7 Å². The Morgan fingerprint density at radius 1 is 1.30 bits per heavy atom. The van der Waals surface area contributed by atoms with Gasteiger partial charge in [0.25, 0.3) is 0 Å². The summed E-state index contributed by atoms with van der Waals surface area (Å²) in [5, 5.41) is 0. The van der Waals surface area contributed by atoms with Crippen LogP contribution in [-0.2, 0) is 11.3 Å². The number of hydrogen-bond acceptors (Lipinski definition) is 2. The van der Waals surface area contributed by atoms with Crippen LogP contribution in [0.25, 0.3) is 0 Å². The summed E-state index contributed by atoms with van der Waals surface area (Å²) in [6.07, 6.45) is 2.38. The summed E-state index contributed by atoms with van der Waals surface area (Å²) < 4.78 is 5.43. The van der Waals surface area contributed by atoms with E-state index < -0.39 is 0 Å². The fraction of sp³-hybridized carbons (Fsp3) is 0.588. The Bertz CT molecular complexity index is 483. The van der Waals surface area contributed by atoms with Gasteiger partial charge in [0.05, 0.1) is 0 Å². The molecule has 1 saturated heterocycles. The number of amides is 1. The van der Waals surface area contributed by atoms with E-state index in [4.69, 9.17) is 4.74 Å². The van der Waals surface area contributed by atoms with E-state index in [-0.39, 0.29) is 6.09 Å². The van der Waals surface area contributed by atoms with Crippen LogP contribution in [0.3, 0.4) is 0 Å². The highest BCUT2D eigenvalue weighted by Crippen LogP contribution is 2.50. The lowest BCUT2D eigenvalue weighted by Crippen LogP contribution is -2.32. The quantitative estimate of drug-likeness (QED) is 0.822. The summed E-state index contributed by atoms with van der Waals surface area (Å²) >= 11 is 0. The summed E-state index contributed by atoms with van der Waals surface area (Å²) in [6.45, 7) is 6.77. The lowest BCUT2D eigenvalue weighted by molar-refractivity contribution is 0.0985. The first-order valence-electron chi connectivity index (χ1n) is 7.52. The van der Waals surface area contributed by atoms with Gasteiger partial charge in [-0.25, -0.2) is 4.79 Å². The minimum absolute atomic E-state index is 0.154. The number of fused-ring (bicyclic) bond motifs is 1. The van der Waals surface area contributed by atoms with Gasteiger partial charge < -0.3 is 9.64 Å². The molecule has 3 heteroatoms. The van der Waals surface area contributed by atoms with Gasteiger partial charge in [-0.3, -0.25) is 0 Å².